The lowest BCUT2D eigenvalue weighted by Gasteiger charge is -2.09. The number of hydrogen-bond donors (Lipinski definition) is 2. The van der Waals surface area contributed by atoms with Crippen molar-refractivity contribution in [3.05, 3.63) is 65.2 Å². The third-order valence-corrected chi connectivity index (χ3v) is 3.00. The minimum absolute atomic E-state index is 0.191. The Labute approximate surface area is 122 Å². The van der Waals surface area contributed by atoms with E-state index in [9.17, 15) is 13.6 Å². The van der Waals surface area contributed by atoms with Crippen LogP contribution >= 0.6 is 0 Å². The number of carbonyl (C=O) groups is 1. The van der Waals surface area contributed by atoms with E-state index in [-0.39, 0.29) is 18.1 Å². The van der Waals surface area contributed by atoms with E-state index < -0.39 is 11.6 Å². The first kappa shape index (κ1) is 15.0. The fourth-order valence-electron chi connectivity index (χ4n) is 1.80. The van der Waals surface area contributed by atoms with Gasteiger partial charge in [0, 0.05) is 6.54 Å². The molecule has 2 rings (SSSR count). The fourth-order valence-corrected chi connectivity index (χ4v) is 1.80. The van der Waals surface area contributed by atoms with Crippen molar-refractivity contribution in [2.75, 3.05) is 11.9 Å². The van der Waals surface area contributed by atoms with Crippen LogP contribution in [0.25, 0.3) is 0 Å². The zero-order valence-corrected chi connectivity index (χ0v) is 11.6. The monoisotopic (exact) mass is 290 g/mol. The Morgan fingerprint density at radius 1 is 1.05 bits per heavy atom. The summed E-state index contributed by atoms with van der Waals surface area (Å²) < 4.78 is 26.7. The molecule has 0 fully saturated rings. The van der Waals surface area contributed by atoms with Crippen molar-refractivity contribution in [1.29, 1.82) is 0 Å². The molecule has 2 aromatic carbocycles. The van der Waals surface area contributed by atoms with Gasteiger partial charge in [0.1, 0.15) is 17.3 Å². The molecule has 0 aliphatic rings. The summed E-state index contributed by atoms with van der Waals surface area (Å²) in [6.07, 6.45) is 0. The Morgan fingerprint density at radius 2 is 1.67 bits per heavy atom. The maximum atomic E-state index is 13.4. The van der Waals surface area contributed by atoms with Gasteiger partial charge in [-0.1, -0.05) is 35.9 Å². The summed E-state index contributed by atoms with van der Waals surface area (Å²) in [6, 6.07) is 11.3. The molecule has 0 atom stereocenters. The predicted octanol–water partition coefficient (Wildman–Crippen LogP) is 3.00. The molecule has 3 nitrogen and oxygen atoms in total. The Kier molecular flexibility index (Phi) is 4.87. The van der Waals surface area contributed by atoms with Crippen molar-refractivity contribution in [3.63, 3.8) is 0 Å². The van der Waals surface area contributed by atoms with Gasteiger partial charge in [0.2, 0.25) is 5.91 Å². The van der Waals surface area contributed by atoms with Crippen LogP contribution in [0.5, 0.6) is 0 Å². The topological polar surface area (TPSA) is 41.1 Å². The minimum Gasteiger partial charge on any atom is -0.371 e. The predicted molar refractivity (Wildman–Crippen MR) is 77.9 cm³/mol. The van der Waals surface area contributed by atoms with Gasteiger partial charge in [0.05, 0.1) is 6.54 Å². The number of nitrogens with one attached hydrogen (secondary N) is 2. The van der Waals surface area contributed by atoms with E-state index in [1.807, 2.05) is 31.2 Å². The van der Waals surface area contributed by atoms with Crippen molar-refractivity contribution in [1.82, 2.24) is 5.32 Å². The Balaban J connectivity index is 1.84. The Bertz CT molecular complexity index is 606. The highest BCUT2D eigenvalue weighted by Crippen LogP contribution is 2.17. The molecule has 1 amide bonds. The van der Waals surface area contributed by atoms with Crippen LogP contribution in [0.3, 0.4) is 0 Å². The zero-order chi connectivity index (χ0) is 15.2. The molecular weight excluding hydrogens is 274 g/mol. The molecule has 110 valence electrons. The minimum atomic E-state index is -0.721. The van der Waals surface area contributed by atoms with Gasteiger partial charge < -0.3 is 10.6 Å². The van der Waals surface area contributed by atoms with E-state index in [0.717, 1.165) is 23.3 Å². The van der Waals surface area contributed by atoms with Crippen LogP contribution in [0.1, 0.15) is 11.1 Å². The van der Waals surface area contributed by atoms with Crippen LogP contribution in [-0.4, -0.2) is 12.5 Å². The quantitative estimate of drug-likeness (QED) is 0.889. The van der Waals surface area contributed by atoms with Gasteiger partial charge in [-0.2, -0.15) is 0 Å². The largest absolute Gasteiger partial charge is 0.371 e. The maximum Gasteiger partial charge on any atom is 0.239 e. The summed E-state index contributed by atoms with van der Waals surface area (Å²) in [5.74, 6) is -1.78. The summed E-state index contributed by atoms with van der Waals surface area (Å²) in [5.41, 5.74) is 1.82. The summed E-state index contributed by atoms with van der Waals surface area (Å²) in [5, 5.41) is 5.15. The summed E-state index contributed by atoms with van der Waals surface area (Å²) in [4.78, 5) is 11.7. The number of amides is 1. The van der Waals surface area contributed by atoms with E-state index in [0.29, 0.717) is 6.54 Å². The number of aryl methyl sites for hydroxylation is 1. The lowest BCUT2D eigenvalue weighted by Crippen LogP contribution is -2.29. The molecular formula is C16H16F2N2O. The smallest absolute Gasteiger partial charge is 0.239 e. The van der Waals surface area contributed by atoms with E-state index in [1.54, 1.807) is 0 Å². The number of carbonyl (C=O) groups excluding carboxylic acids is 1. The third-order valence-electron chi connectivity index (χ3n) is 3.00. The molecule has 2 aromatic rings. The van der Waals surface area contributed by atoms with Crippen molar-refractivity contribution in [2.45, 2.75) is 13.5 Å². The molecule has 2 N–H and O–H groups in total. The zero-order valence-electron chi connectivity index (χ0n) is 11.6. The molecule has 0 heterocycles. The summed E-state index contributed by atoms with van der Waals surface area (Å²) in [7, 11) is 0. The van der Waals surface area contributed by atoms with E-state index in [2.05, 4.69) is 10.6 Å². The average molecular weight is 290 g/mol. The number of anilines is 1. The SMILES string of the molecule is Cc1ccc(CNC(=O)CNc2c(F)cccc2F)cc1. The number of halogens is 2. The van der Waals surface area contributed by atoms with Gasteiger partial charge in [0.15, 0.2) is 0 Å². The third kappa shape index (κ3) is 4.27. The van der Waals surface area contributed by atoms with E-state index in [4.69, 9.17) is 0 Å². The number of benzene rings is 2. The number of para-hydroxylation sites is 1. The summed E-state index contributed by atoms with van der Waals surface area (Å²) >= 11 is 0. The van der Waals surface area contributed by atoms with Crippen molar-refractivity contribution >= 4 is 11.6 Å². The van der Waals surface area contributed by atoms with E-state index in [1.165, 1.54) is 6.07 Å². The highest BCUT2D eigenvalue weighted by Gasteiger charge is 2.09. The second-order valence-corrected chi connectivity index (χ2v) is 4.71. The molecule has 0 saturated heterocycles. The van der Waals surface area contributed by atoms with Crippen LogP contribution in [0.15, 0.2) is 42.5 Å². The van der Waals surface area contributed by atoms with Gasteiger partial charge in [-0.05, 0) is 24.6 Å². The molecule has 5 heteroatoms. The van der Waals surface area contributed by atoms with Crippen molar-refractivity contribution in [2.24, 2.45) is 0 Å². The maximum absolute atomic E-state index is 13.4. The van der Waals surface area contributed by atoms with Gasteiger partial charge in [-0.3, -0.25) is 4.79 Å². The number of rotatable bonds is 5. The molecule has 0 spiro atoms. The molecule has 21 heavy (non-hydrogen) atoms. The highest BCUT2D eigenvalue weighted by atomic mass is 19.1. The standard InChI is InChI=1S/C16H16F2N2O/c1-11-5-7-12(8-6-11)9-19-15(21)10-20-16-13(17)3-2-4-14(16)18/h2-8,20H,9-10H2,1H3,(H,19,21). The van der Waals surface area contributed by atoms with Crippen molar-refractivity contribution < 1.29 is 13.6 Å². The number of hydrogen-bond acceptors (Lipinski definition) is 2. The van der Waals surface area contributed by atoms with Crippen LogP contribution in [-0.2, 0) is 11.3 Å². The second kappa shape index (κ2) is 6.83. The molecule has 0 aromatic heterocycles. The molecule has 0 bridgehead atoms. The van der Waals surface area contributed by atoms with Crippen LogP contribution in [0.4, 0.5) is 14.5 Å². The normalized spacial score (nSPS) is 10.2. The summed E-state index contributed by atoms with van der Waals surface area (Å²) in [6.45, 7) is 2.17. The first-order chi connectivity index (χ1) is 10.1. The Morgan fingerprint density at radius 3 is 2.29 bits per heavy atom. The van der Waals surface area contributed by atoms with Gasteiger partial charge >= 0.3 is 0 Å². The molecule has 0 aliphatic carbocycles. The van der Waals surface area contributed by atoms with Crippen molar-refractivity contribution in [3.8, 4) is 0 Å². The highest BCUT2D eigenvalue weighted by molar-refractivity contribution is 5.80. The molecule has 0 radical (unpaired) electrons. The first-order valence-electron chi connectivity index (χ1n) is 6.56. The van der Waals surface area contributed by atoms with Crippen LogP contribution in [0, 0.1) is 18.6 Å². The molecule has 0 saturated carbocycles. The van der Waals surface area contributed by atoms with Crippen LogP contribution < -0.4 is 10.6 Å². The first-order valence-corrected chi connectivity index (χ1v) is 6.56. The average Bonchev–Trinajstić information content (AvgIpc) is 2.46. The van der Waals surface area contributed by atoms with Gasteiger partial charge in [0.25, 0.3) is 0 Å². The second-order valence-electron chi connectivity index (χ2n) is 4.71. The molecule has 0 unspecified atom stereocenters. The fraction of sp³-hybridized carbons (Fsp3) is 0.188. The van der Waals surface area contributed by atoms with Gasteiger partial charge in [-0.15, -0.1) is 0 Å². The lowest BCUT2D eigenvalue weighted by atomic mass is 10.1. The van der Waals surface area contributed by atoms with E-state index >= 15 is 0 Å². The molecule has 0 aliphatic heterocycles. The lowest BCUT2D eigenvalue weighted by molar-refractivity contribution is -0.119. The van der Waals surface area contributed by atoms with Crippen LogP contribution in [0.2, 0.25) is 0 Å². The Hall–Kier alpha value is -2.43. The van der Waals surface area contributed by atoms with Gasteiger partial charge in [-0.25, -0.2) is 8.78 Å².